The van der Waals surface area contributed by atoms with Crippen molar-refractivity contribution in [2.24, 2.45) is 0 Å². The minimum Gasteiger partial charge on any atom is -0.462 e. The van der Waals surface area contributed by atoms with E-state index in [1.54, 1.807) is 19.1 Å². The van der Waals surface area contributed by atoms with Gasteiger partial charge in [-0.1, -0.05) is 6.07 Å². The Bertz CT molecular complexity index is 910. The Hall–Kier alpha value is -2.88. The molecule has 0 spiro atoms. The fraction of sp³-hybridized carbons (Fsp3) is 0.267. The van der Waals surface area contributed by atoms with E-state index in [9.17, 15) is 14.0 Å². The van der Waals surface area contributed by atoms with Crippen LogP contribution in [0, 0.1) is 5.82 Å². The first-order valence-corrected chi connectivity index (χ1v) is 8.15. The Morgan fingerprint density at radius 2 is 2.16 bits per heavy atom. The van der Waals surface area contributed by atoms with Crippen molar-refractivity contribution >= 4 is 33.4 Å². The third kappa shape index (κ3) is 3.63. The number of nitrogens with zero attached hydrogens (tertiary/aromatic N) is 4. The monoisotopic (exact) mass is 364 g/mol. The van der Waals surface area contributed by atoms with E-state index >= 15 is 0 Å². The van der Waals surface area contributed by atoms with E-state index in [0.717, 1.165) is 11.3 Å². The van der Waals surface area contributed by atoms with Crippen LogP contribution in [0.25, 0.3) is 10.1 Å². The maximum Gasteiger partial charge on any atom is 0.348 e. The zero-order valence-electron chi connectivity index (χ0n) is 13.1. The number of tetrazole rings is 1. The molecule has 0 aliphatic heterocycles. The van der Waals surface area contributed by atoms with Gasteiger partial charge in [-0.15, -0.1) is 16.4 Å². The van der Waals surface area contributed by atoms with Gasteiger partial charge >= 0.3 is 11.9 Å². The third-order valence-corrected chi connectivity index (χ3v) is 4.46. The van der Waals surface area contributed by atoms with Crippen molar-refractivity contribution in [3.8, 4) is 0 Å². The van der Waals surface area contributed by atoms with Crippen molar-refractivity contribution in [3.05, 3.63) is 40.8 Å². The summed E-state index contributed by atoms with van der Waals surface area (Å²) in [5.41, 5.74) is 0.293. The van der Waals surface area contributed by atoms with Gasteiger partial charge in [0.2, 0.25) is 0 Å². The number of fused-ring (bicyclic) bond motifs is 1. The second kappa shape index (κ2) is 7.34. The fourth-order valence-corrected chi connectivity index (χ4v) is 3.37. The lowest BCUT2D eigenvalue weighted by atomic mass is 10.1. The molecule has 0 atom stereocenters. The molecule has 3 aromatic rings. The second-order valence-electron chi connectivity index (χ2n) is 4.91. The van der Waals surface area contributed by atoms with Gasteiger partial charge in [-0.25, -0.2) is 13.9 Å². The minimum absolute atomic E-state index is 0.188. The van der Waals surface area contributed by atoms with Crippen LogP contribution in [0.15, 0.2) is 24.5 Å². The summed E-state index contributed by atoms with van der Waals surface area (Å²) in [6.45, 7) is 1.42. The molecule has 8 nitrogen and oxygen atoms in total. The number of ether oxygens (including phenoxy) is 2. The molecule has 1 aromatic carbocycles. The summed E-state index contributed by atoms with van der Waals surface area (Å²) in [6.07, 6.45) is 1.27. The summed E-state index contributed by atoms with van der Waals surface area (Å²) in [5, 5.41) is 10.6. The van der Waals surface area contributed by atoms with Crippen LogP contribution in [-0.4, -0.2) is 38.8 Å². The quantitative estimate of drug-likeness (QED) is 0.617. The van der Waals surface area contributed by atoms with Crippen LogP contribution in [0.4, 0.5) is 4.39 Å². The van der Waals surface area contributed by atoms with Gasteiger partial charge in [0.05, 0.1) is 6.61 Å². The lowest BCUT2D eigenvalue weighted by Gasteiger charge is -2.07. The lowest BCUT2D eigenvalue weighted by Crippen LogP contribution is -2.15. The van der Waals surface area contributed by atoms with Gasteiger partial charge < -0.3 is 9.47 Å². The predicted molar refractivity (Wildman–Crippen MR) is 85.4 cm³/mol. The first-order chi connectivity index (χ1) is 12.1. The first-order valence-electron chi connectivity index (χ1n) is 7.33. The molecule has 130 valence electrons. The van der Waals surface area contributed by atoms with E-state index in [4.69, 9.17) is 9.47 Å². The molecule has 2 aromatic heterocycles. The Morgan fingerprint density at radius 1 is 1.32 bits per heavy atom. The molecular weight excluding hydrogens is 351 g/mol. The Kier molecular flexibility index (Phi) is 4.98. The molecule has 0 saturated heterocycles. The van der Waals surface area contributed by atoms with Gasteiger partial charge in [0.25, 0.3) is 0 Å². The molecule has 25 heavy (non-hydrogen) atoms. The number of carbonyl (C=O) groups excluding carboxylic acids is 2. The molecule has 0 unspecified atom stereocenters. The SMILES string of the molecule is CCOC(=O)c1sc2cccc(F)c2c1COC(=O)Cn1cnnn1. The first kappa shape index (κ1) is 17.0. The van der Waals surface area contributed by atoms with Crippen LogP contribution in [0.2, 0.25) is 0 Å². The van der Waals surface area contributed by atoms with Crippen LogP contribution < -0.4 is 0 Å². The van der Waals surface area contributed by atoms with Crippen molar-refractivity contribution in [1.29, 1.82) is 0 Å². The maximum atomic E-state index is 14.2. The highest BCUT2D eigenvalue weighted by Crippen LogP contribution is 2.34. The van der Waals surface area contributed by atoms with Gasteiger partial charge in [-0.3, -0.25) is 4.79 Å². The van der Waals surface area contributed by atoms with E-state index in [1.807, 2.05) is 0 Å². The fourth-order valence-electron chi connectivity index (χ4n) is 2.25. The molecule has 2 heterocycles. The lowest BCUT2D eigenvalue weighted by molar-refractivity contribution is -0.145. The third-order valence-electron chi connectivity index (χ3n) is 3.28. The number of hydrogen-bond acceptors (Lipinski definition) is 8. The molecular formula is C15H13FN4O4S. The number of carbonyl (C=O) groups is 2. The van der Waals surface area contributed by atoms with Crippen molar-refractivity contribution < 1.29 is 23.5 Å². The molecule has 0 saturated carbocycles. The number of rotatable bonds is 6. The van der Waals surface area contributed by atoms with Crippen LogP contribution >= 0.6 is 11.3 Å². The van der Waals surface area contributed by atoms with E-state index in [-0.39, 0.29) is 30.0 Å². The number of benzene rings is 1. The summed E-state index contributed by atoms with van der Waals surface area (Å²) < 4.78 is 26.2. The normalized spacial score (nSPS) is 10.8. The van der Waals surface area contributed by atoms with Crippen LogP contribution in [0.5, 0.6) is 0 Å². The van der Waals surface area contributed by atoms with Crippen LogP contribution in [0.1, 0.15) is 22.2 Å². The number of thiophene rings is 1. The number of aromatic nitrogens is 4. The summed E-state index contributed by atoms with van der Waals surface area (Å²) >= 11 is 1.10. The van der Waals surface area contributed by atoms with Crippen LogP contribution in [-0.2, 0) is 27.4 Å². The minimum atomic E-state index is -0.613. The molecule has 10 heteroatoms. The number of hydrogen-bond donors (Lipinski definition) is 0. The standard InChI is InChI=1S/C15H13FN4O4S/c1-2-23-15(22)14-9(13-10(16)4-3-5-11(13)25-14)7-24-12(21)6-20-8-17-18-19-20/h3-5,8H,2,6-7H2,1H3. The Morgan fingerprint density at radius 3 is 2.88 bits per heavy atom. The predicted octanol–water partition coefficient (Wildman–Crippen LogP) is 1.95. The Balaban J connectivity index is 1.86. The largest absolute Gasteiger partial charge is 0.462 e. The van der Waals surface area contributed by atoms with E-state index in [2.05, 4.69) is 15.5 Å². The van der Waals surface area contributed by atoms with Crippen LogP contribution in [0.3, 0.4) is 0 Å². The van der Waals surface area contributed by atoms with Crippen molar-refractivity contribution in [3.63, 3.8) is 0 Å². The van der Waals surface area contributed by atoms with Gasteiger partial charge in [0, 0.05) is 15.6 Å². The molecule has 0 aliphatic carbocycles. The van der Waals surface area contributed by atoms with Gasteiger partial charge in [0.15, 0.2) is 0 Å². The summed E-state index contributed by atoms with van der Waals surface area (Å²) in [4.78, 5) is 24.2. The summed E-state index contributed by atoms with van der Waals surface area (Å²) in [6, 6.07) is 4.53. The average molecular weight is 364 g/mol. The highest BCUT2D eigenvalue weighted by molar-refractivity contribution is 7.21. The summed E-state index contributed by atoms with van der Waals surface area (Å²) in [7, 11) is 0. The highest BCUT2D eigenvalue weighted by Gasteiger charge is 2.22. The molecule has 0 amide bonds. The van der Waals surface area contributed by atoms with E-state index in [1.165, 1.54) is 17.1 Å². The molecule has 0 radical (unpaired) electrons. The van der Waals surface area contributed by atoms with E-state index < -0.39 is 17.8 Å². The second-order valence-corrected chi connectivity index (χ2v) is 5.96. The summed E-state index contributed by atoms with van der Waals surface area (Å²) in [5.74, 6) is -1.68. The number of halogens is 1. The van der Waals surface area contributed by atoms with Gasteiger partial charge in [-0.05, 0) is 29.5 Å². The highest BCUT2D eigenvalue weighted by atomic mass is 32.1. The molecule has 0 aliphatic rings. The van der Waals surface area contributed by atoms with Crippen molar-refractivity contribution in [2.45, 2.75) is 20.1 Å². The van der Waals surface area contributed by atoms with Gasteiger partial charge in [-0.2, -0.15) is 0 Å². The van der Waals surface area contributed by atoms with Crippen molar-refractivity contribution in [1.82, 2.24) is 20.2 Å². The zero-order chi connectivity index (χ0) is 17.8. The van der Waals surface area contributed by atoms with Crippen molar-refractivity contribution in [2.75, 3.05) is 6.61 Å². The molecule has 3 rings (SSSR count). The molecule has 0 fully saturated rings. The van der Waals surface area contributed by atoms with E-state index in [0.29, 0.717) is 10.3 Å². The Labute approximate surface area is 145 Å². The zero-order valence-corrected chi connectivity index (χ0v) is 14.0. The molecule has 0 N–H and O–H groups in total. The van der Waals surface area contributed by atoms with Gasteiger partial charge in [0.1, 0.15) is 30.2 Å². The average Bonchev–Trinajstić information content (AvgIpc) is 3.21. The molecule has 0 bridgehead atoms. The topological polar surface area (TPSA) is 96.2 Å². The number of esters is 2. The smallest absolute Gasteiger partial charge is 0.348 e. The maximum absolute atomic E-state index is 14.2.